The number of sulfonamides is 1. The molecule has 5 nitrogen and oxygen atoms in total. The first-order valence-corrected chi connectivity index (χ1v) is 12.8. The number of fused-ring (bicyclic) bond motifs is 2. The first kappa shape index (κ1) is 22.3. The summed E-state index contributed by atoms with van der Waals surface area (Å²) in [6, 6.07) is 23.5. The quantitative estimate of drug-likeness (QED) is 0.396. The molecule has 0 aliphatic carbocycles. The molecule has 1 fully saturated rings. The van der Waals surface area contributed by atoms with Gasteiger partial charge < -0.3 is 10.1 Å². The molecule has 1 aliphatic rings. The molecule has 33 heavy (non-hydrogen) atoms. The Balaban J connectivity index is 1.34. The Morgan fingerprint density at radius 2 is 1.33 bits per heavy atom. The number of ether oxygens (including phenoxy) is 1. The minimum Gasteiger partial charge on any atom is -0.379 e. The van der Waals surface area contributed by atoms with Crippen molar-refractivity contribution in [3.63, 3.8) is 0 Å². The lowest BCUT2D eigenvalue weighted by atomic mass is 9.96. The second-order valence-corrected chi connectivity index (χ2v) is 10.5. The second-order valence-electron chi connectivity index (χ2n) is 8.15. The Bertz CT molecular complexity index is 1340. The van der Waals surface area contributed by atoms with E-state index in [9.17, 15) is 8.42 Å². The molecule has 0 amide bonds. The van der Waals surface area contributed by atoms with Gasteiger partial charge in [-0.25, -0.2) is 8.42 Å². The van der Waals surface area contributed by atoms with Gasteiger partial charge in [0.1, 0.15) is 0 Å². The summed E-state index contributed by atoms with van der Waals surface area (Å²) in [6.07, 6.45) is 0. The third-order valence-electron chi connectivity index (χ3n) is 6.14. The topological polar surface area (TPSA) is 58.6 Å². The normalized spacial score (nSPS) is 15.3. The molecule has 1 aliphatic heterocycles. The number of benzene rings is 4. The lowest BCUT2D eigenvalue weighted by Crippen LogP contribution is -2.40. The summed E-state index contributed by atoms with van der Waals surface area (Å²) in [4.78, 5) is 0.322. The van der Waals surface area contributed by atoms with Crippen LogP contribution < -0.4 is 5.32 Å². The van der Waals surface area contributed by atoms with E-state index in [0.717, 1.165) is 32.1 Å². The molecule has 0 saturated carbocycles. The van der Waals surface area contributed by atoms with Crippen LogP contribution in [-0.4, -0.2) is 39.0 Å². The van der Waals surface area contributed by atoms with E-state index in [1.807, 2.05) is 36.4 Å². The van der Waals surface area contributed by atoms with Crippen LogP contribution in [0.4, 0.5) is 0 Å². The first-order valence-electron chi connectivity index (χ1n) is 11.0. The summed E-state index contributed by atoms with van der Waals surface area (Å²) in [7, 11) is -3.47. The van der Waals surface area contributed by atoms with Gasteiger partial charge in [0.25, 0.3) is 0 Å². The number of hydrogen-bond acceptors (Lipinski definition) is 4. The van der Waals surface area contributed by atoms with E-state index in [2.05, 4.69) is 29.6 Å². The number of nitrogens with zero attached hydrogens (tertiary/aromatic N) is 1. The number of rotatable bonds is 6. The maximum Gasteiger partial charge on any atom is 0.243 e. The maximum absolute atomic E-state index is 12.8. The minimum absolute atomic E-state index is 0.322. The Kier molecular flexibility index (Phi) is 6.36. The lowest BCUT2D eigenvalue weighted by Gasteiger charge is -2.26. The van der Waals surface area contributed by atoms with Crippen molar-refractivity contribution in [2.75, 3.05) is 26.3 Å². The fourth-order valence-electron chi connectivity index (χ4n) is 4.40. The SMILES string of the molecule is O=S(=O)(c1ccc(CNCc2c3ccccc3c(Cl)c3ccccc23)cc1)N1CCOCC1. The molecule has 0 bridgehead atoms. The van der Waals surface area contributed by atoms with Gasteiger partial charge in [-0.05, 0) is 34.0 Å². The van der Waals surface area contributed by atoms with E-state index in [-0.39, 0.29) is 0 Å². The third kappa shape index (κ3) is 4.37. The van der Waals surface area contributed by atoms with Crippen LogP contribution in [0.5, 0.6) is 0 Å². The average Bonchev–Trinajstić information content (AvgIpc) is 2.87. The van der Waals surface area contributed by atoms with Crippen molar-refractivity contribution in [1.82, 2.24) is 9.62 Å². The summed E-state index contributed by atoms with van der Waals surface area (Å²) >= 11 is 6.70. The highest BCUT2D eigenvalue weighted by molar-refractivity contribution is 7.89. The largest absolute Gasteiger partial charge is 0.379 e. The van der Waals surface area contributed by atoms with Crippen molar-refractivity contribution >= 4 is 43.2 Å². The molecule has 0 atom stereocenters. The fraction of sp³-hybridized carbons (Fsp3) is 0.231. The molecule has 1 heterocycles. The lowest BCUT2D eigenvalue weighted by molar-refractivity contribution is 0.0730. The van der Waals surface area contributed by atoms with Crippen LogP contribution in [0.25, 0.3) is 21.5 Å². The van der Waals surface area contributed by atoms with Crippen molar-refractivity contribution in [2.24, 2.45) is 0 Å². The minimum atomic E-state index is -3.47. The Morgan fingerprint density at radius 1 is 0.788 bits per heavy atom. The van der Waals surface area contributed by atoms with E-state index >= 15 is 0 Å². The van der Waals surface area contributed by atoms with Gasteiger partial charge >= 0.3 is 0 Å². The summed E-state index contributed by atoms with van der Waals surface area (Å²) < 4.78 is 32.4. The molecule has 170 valence electrons. The highest BCUT2D eigenvalue weighted by Crippen LogP contribution is 2.36. The van der Waals surface area contributed by atoms with E-state index in [4.69, 9.17) is 16.3 Å². The Morgan fingerprint density at radius 3 is 1.91 bits per heavy atom. The zero-order valence-electron chi connectivity index (χ0n) is 18.1. The zero-order chi connectivity index (χ0) is 22.8. The molecule has 0 unspecified atom stereocenters. The van der Waals surface area contributed by atoms with Crippen LogP contribution in [0.3, 0.4) is 0 Å². The standard InChI is InChI=1S/C26H25ClN2O3S/c27-26-23-7-3-1-5-21(23)25(22-6-2-4-8-24(22)26)18-28-17-19-9-11-20(12-10-19)33(30,31)29-13-15-32-16-14-29/h1-12,28H,13-18H2. The van der Waals surface area contributed by atoms with Crippen molar-refractivity contribution in [2.45, 2.75) is 18.0 Å². The number of halogens is 1. The van der Waals surface area contributed by atoms with Crippen LogP contribution in [0.15, 0.2) is 77.7 Å². The molecule has 0 spiro atoms. The molecule has 5 rings (SSSR count). The maximum atomic E-state index is 12.8. The van der Waals surface area contributed by atoms with Crippen LogP contribution in [0.1, 0.15) is 11.1 Å². The van der Waals surface area contributed by atoms with Gasteiger partial charge in [0, 0.05) is 37.0 Å². The highest BCUT2D eigenvalue weighted by atomic mass is 35.5. The highest BCUT2D eigenvalue weighted by Gasteiger charge is 2.26. The van der Waals surface area contributed by atoms with Gasteiger partial charge in [-0.3, -0.25) is 0 Å². The molecule has 1 saturated heterocycles. The molecule has 1 N–H and O–H groups in total. The Hall–Kier alpha value is -2.48. The second kappa shape index (κ2) is 9.41. The Labute approximate surface area is 199 Å². The van der Waals surface area contributed by atoms with E-state index in [1.165, 1.54) is 9.87 Å². The van der Waals surface area contributed by atoms with Crippen molar-refractivity contribution in [3.8, 4) is 0 Å². The first-order chi connectivity index (χ1) is 16.1. The molecule has 7 heteroatoms. The zero-order valence-corrected chi connectivity index (χ0v) is 19.7. The van der Waals surface area contributed by atoms with Gasteiger partial charge in [0.05, 0.1) is 23.1 Å². The molecular formula is C26H25ClN2O3S. The van der Waals surface area contributed by atoms with Crippen molar-refractivity contribution in [1.29, 1.82) is 0 Å². The van der Waals surface area contributed by atoms with E-state index in [1.54, 1.807) is 12.1 Å². The van der Waals surface area contributed by atoms with Crippen molar-refractivity contribution in [3.05, 3.63) is 88.9 Å². The molecule has 0 aromatic heterocycles. The molecule has 4 aromatic rings. The number of hydrogen-bond donors (Lipinski definition) is 1. The van der Waals surface area contributed by atoms with Crippen LogP contribution in [0, 0.1) is 0 Å². The number of nitrogens with one attached hydrogen (secondary N) is 1. The summed E-state index contributed by atoms with van der Waals surface area (Å²) in [5.41, 5.74) is 2.23. The van der Waals surface area contributed by atoms with Gasteiger partial charge in [-0.1, -0.05) is 72.3 Å². The summed E-state index contributed by atoms with van der Waals surface area (Å²) in [6.45, 7) is 2.98. The summed E-state index contributed by atoms with van der Waals surface area (Å²) in [5.74, 6) is 0. The third-order valence-corrected chi connectivity index (χ3v) is 8.46. The fourth-order valence-corrected chi connectivity index (χ4v) is 6.14. The van der Waals surface area contributed by atoms with E-state index in [0.29, 0.717) is 44.3 Å². The van der Waals surface area contributed by atoms with Crippen LogP contribution >= 0.6 is 11.6 Å². The number of morpholine rings is 1. The smallest absolute Gasteiger partial charge is 0.243 e. The summed E-state index contributed by atoms with van der Waals surface area (Å²) in [5, 5.41) is 8.68. The van der Waals surface area contributed by atoms with Crippen LogP contribution in [0.2, 0.25) is 5.02 Å². The monoisotopic (exact) mass is 480 g/mol. The van der Waals surface area contributed by atoms with Crippen molar-refractivity contribution < 1.29 is 13.2 Å². The predicted molar refractivity (Wildman–Crippen MR) is 133 cm³/mol. The van der Waals surface area contributed by atoms with Gasteiger partial charge in [0.2, 0.25) is 10.0 Å². The molecule has 4 aromatic carbocycles. The molecule has 0 radical (unpaired) electrons. The van der Waals surface area contributed by atoms with Gasteiger partial charge in [-0.2, -0.15) is 4.31 Å². The molecular weight excluding hydrogens is 456 g/mol. The van der Waals surface area contributed by atoms with E-state index < -0.39 is 10.0 Å². The van der Waals surface area contributed by atoms with Crippen LogP contribution in [-0.2, 0) is 27.8 Å². The average molecular weight is 481 g/mol. The van der Waals surface area contributed by atoms with Gasteiger partial charge in [-0.15, -0.1) is 0 Å². The predicted octanol–water partition coefficient (Wildman–Crippen LogP) is 4.96. The van der Waals surface area contributed by atoms with Gasteiger partial charge in [0.15, 0.2) is 0 Å².